The summed E-state index contributed by atoms with van der Waals surface area (Å²) in [5.41, 5.74) is 0.622. The molecule has 0 bridgehead atoms. The van der Waals surface area contributed by atoms with Gasteiger partial charge in [-0.3, -0.25) is 0 Å². The summed E-state index contributed by atoms with van der Waals surface area (Å²) >= 11 is 8.55. The highest BCUT2D eigenvalue weighted by Gasteiger charge is 2.29. The van der Waals surface area contributed by atoms with Crippen molar-refractivity contribution < 1.29 is 4.74 Å². The zero-order chi connectivity index (χ0) is 14.0. The van der Waals surface area contributed by atoms with E-state index in [9.17, 15) is 0 Å². The van der Waals surface area contributed by atoms with Gasteiger partial charge in [0.15, 0.2) is 5.82 Å². The van der Waals surface area contributed by atoms with Crippen LogP contribution >= 0.6 is 34.2 Å². The summed E-state index contributed by atoms with van der Waals surface area (Å²) in [6.45, 7) is 6.60. The van der Waals surface area contributed by atoms with Crippen molar-refractivity contribution in [2.24, 2.45) is 0 Å². The lowest BCUT2D eigenvalue weighted by Gasteiger charge is -2.24. The lowest BCUT2D eigenvalue weighted by molar-refractivity contribution is -0.0210. The van der Waals surface area contributed by atoms with Crippen LogP contribution in [-0.4, -0.2) is 16.6 Å². The van der Waals surface area contributed by atoms with Crippen LogP contribution in [0.15, 0.2) is 0 Å². The van der Waals surface area contributed by atoms with Gasteiger partial charge in [0.1, 0.15) is 10.8 Å². The first-order valence-electron chi connectivity index (χ1n) is 6.83. The highest BCUT2D eigenvalue weighted by molar-refractivity contribution is 14.1. The minimum absolute atomic E-state index is 0.490. The van der Waals surface area contributed by atoms with Crippen LogP contribution in [0.25, 0.3) is 0 Å². The van der Waals surface area contributed by atoms with Crippen molar-refractivity contribution >= 4 is 34.2 Å². The Labute approximate surface area is 133 Å². The molecular weight excluding hydrogens is 375 g/mol. The Balaban J connectivity index is 2.41. The van der Waals surface area contributed by atoms with Crippen molar-refractivity contribution in [3.63, 3.8) is 0 Å². The SMILES string of the molecule is CCOC(C)(C)c1nc(Cl)c(I)c(C2CCCC2)n1. The monoisotopic (exact) mass is 394 g/mol. The third-order valence-electron chi connectivity index (χ3n) is 3.62. The summed E-state index contributed by atoms with van der Waals surface area (Å²) in [5, 5.41) is 0.556. The van der Waals surface area contributed by atoms with E-state index < -0.39 is 5.60 Å². The number of ether oxygens (including phenoxy) is 1. The molecule has 19 heavy (non-hydrogen) atoms. The van der Waals surface area contributed by atoms with Gasteiger partial charge in [0.25, 0.3) is 0 Å². The van der Waals surface area contributed by atoms with E-state index in [1.807, 2.05) is 20.8 Å². The van der Waals surface area contributed by atoms with Crippen molar-refractivity contribution in [3.05, 3.63) is 20.2 Å². The van der Waals surface area contributed by atoms with Crippen LogP contribution in [-0.2, 0) is 10.3 Å². The second-order valence-corrected chi connectivity index (χ2v) is 6.90. The van der Waals surface area contributed by atoms with Gasteiger partial charge in [-0.1, -0.05) is 24.4 Å². The molecule has 1 aliphatic carbocycles. The molecule has 1 aromatic rings. The maximum atomic E-state index is 6.29. The average Bonchev–Trinajstić information content (AvgIpc) is 2.85. The molecule has 1 aromatic heterocycles. The normalized spacial score (nSPS) is 17.1. The van der Waals surface area contributed by atoms with Crippen molar-refractivity contribution in [2.75, 3.05) is 6.61 Å². The van der Waals surface area contributed by atoms with E-state index in [1.54, 1.807) is 0 Å². The molecule has 1 aliphatic rings. The Hall–Kier alpha value is 0.0600. The molecule has 0 aromatic carbocycles. The van der Waals surface area contributed by atoms with Gasteiger partial charge < -0.3 is 4.74 Å². The van der Waals surface area contributed by atoms with Crippen LogP contribution in [0.3, 0.4) is 0 Å². The van der Waals surface area contributed by atoms with Gasteiger partial charge in [-0.15, -0.1) is 0 Å². The molecule has 5 heteroatoms. The second-order valence-electron chi connectivity index (χ2n) is 5.46. The van der Waals surface area contributed by atoms with Gasteiger partial charge in [-0.2, -0.15) is 0 Å². The summed E-state index contributed by atoms with van der Waals surface area (Å²) in [6.07, 6.45) is 4.98. The fourth-order valence-electron chi connectivity index (χ4n) is 2.60. The smallest absolute Gasteiger partial charge is 0.161 e. The first kappa shape index (κ1) is 15.4. The van der Waals surface area contributed by atoms with E-state index in [2.05, 4.69) is 27.6 Å². The Kier molecular flexibility index (Phi) is 5.06. The Morgan fingerprint density at radius 3 is 2.53 bits per heavy atom. The Morgan fingerprint density at radius 1 is 1.32 bits per heavy atom. The van der Waals surface area contributed by atoms with Crippen LogP contribution in [0, 0.1) is 3.57 Å². The van der Waals surface area contributed by atoms with Crippen LogP contribution in [0.5, 0.6) is 0 Å². The fraction of sp³-hybridized carbons (Fsp3) is 0.714. The molecule has 0 spiro atoms. The number of rotatable bonds is 4. The maximum Gasteiger partial charge on any atom is 0.161 e. The molecule has 0 unspecified atom stereocenters. The van der Waals surface area contributed by atoms with Gasteiger partial charge in [0.2, 0.25) is 0 Å². The van der Waals surface area contributed by atoms with E-state index in [4.69, 9.17) is 21.3 Å². The van der Waals surface area contributed by atoms with Gasteiger partial charge in [-0.05, 0) is 56.2 Å². The molecule has 0 saturated heterocycles. The van der Waals surface area contributed by atoms with E-state index >= 15 is 0 Å². The van der Waals surface area contributed by atoms with Gasteiger partial charge >= 0.3 is 0 Å². The van der Waals surface area contributed by atoms with Crippen molar-refractivity contribution in [1.82, 2.24) is 9.97 Å². The highest BCUT2D eigenvalue weighted by atomic mass is 127. The molecule has 0 aliphatic heterocycles. The van der Waals surface area contributed by atoms with Crippen LogP contribution in [0.1, 0.15) is 63.9 Å². The molecule has 2 rings (SSSR count). The third kappa shape index (κ3) is 3.39. The Bertz CT molecular complexity index is 459. The predicted molar refractivity (Wildman–Crippen MR) is 85.6 cm³/mol. The summed E-state index contributed by atoms with van der Waals surface area (Å²) < 4.78 is 6.74. The van der Waals surface area contributed by atoms with Crippen molar-refractivity contribution in [1.29, 1.82) is 0 Å². The summed E-state index contributed by atoms with van der Waals surface area (Å²) in [6, 6.07) is 0. The molecule has 1 heterocycles. The van der Waals surface area contributed by atoms with E-state index in [1.165, 1.54) is 25.7 Å². The first-order valence-corrected chi connectivity index (χ1v) is 8.28. The van der Waals surface area contributed by atoms with Crippen LogP contribution < -0.4 is 0 Å². The minimum atomic E-state index is -0.490. The molecule has 0 N–H and O–H groups in total. The number of hydrogen-bond donors (Lipinski definition) is 0. The topological polar surface area (TPSA) is 35.0 Å². The van der Waals surface area contributed by atoms with E-state index in [-0.39, 0.29) is 0 Å². The number of aromatic nitrogens is 2. The van der Waals surface area contributed by atoms with Gasteiger partial charge in [0.05, 0.1) is 9.26 Å². The fourth-order valence-corrected chi connectivity index (χ4v) is 3.46. The van der Waals surface area contributed by atoms with Gasteiger partial charge in [-0.25, -0.2) is 9.97 Å². The summed E-state index contributed by atoms with van der Waals surface area (Å²) in [7, 11) is 0. The van der Waals surface area contributed by atoms with Crippen molar-refractivity contribution in [2.45, 2.75) is 58.0 Å². The van der Waals surface area contributed by atoms with Crippen LogP contribution in [0.4, 0.5) is 0 Å². The molecule has 0 amide bonds. The molecule has 1 fully saturated rings. The van der Waals surface area contributed by atoms with E-state index in [0.29, 0.717) is 23.5 Å². The zero-order valence-corrected chi connectivity index (χ0v) is 14.6. The summed E-state index contributed by atoms with van der Waals surface area (Å²) in [5.74, 6) is 1.23. The molecule has 3 nitrogen and oxygen atoms in total. The third-order valence-corrected chi connectivity index (χ3v) is 5.28. The van der Waals surface area contributed by atoms with E-state index in [0.717, 1.165) is 9.26 Å². The summed E-state index contributed by atoms with van der Waals surface area (Å²) in [4.78, 5) is 9.19. The number of hydrogen-bond acceptors (Lipinski definition) is 3. The Morgan fingerprint density at radius 2 is 1.95 bits per heavy atom. The van der Waals surface area contributed by atoms with Crippen molar-refractivity contribution in [3.8, 4) is 0 Å². The highest BCUT2D eigenvalue weighted by Crippen LogP contribution is 2.38. The molecule has 0 radical (unpaired) electrons. The average molecular weight is 395 g/mol. The first-order chi connectivity index (χ1) is 8.95. The minimum Gasteiger partial charge on any atom is -0.368 e. The van der Waals surface area contributed by atoms with Gasteiger partial charge in [0, 0.05) is 12.5 Å². The molecule has 1 saturated carbocycles. The number of halogens is 2. The standard InChI is InChI=1S/C14H20ClIN2O/c1-4-19-14(2,3)13-17-11(9-7-5-6-8-9)10(16)12(15)18-13/h9H,4-8H2,1-3H3. The molecule has 106 valence electrons. The predicted octanol–water partition coefficient (Wildman–Crippen LogP) is 4.66. The maximum absolute atomic E-state index is 6.29. The largest absolute Gasteiger partial charge is 0.368 e. The molecule has 0 atom stereocenters. The lowest BCUT2D eigenvalue weighted by Crippen LogP contribution is -2.26. The second kappa shape index (κ2) is 6.22. The lowest BCUT2D eigenvalue weighted by atomic mass is 10.0. The van der Waals surface area contributed by atoms with Crippen LogP contribution in [0.2, 0.25) is 5.15 Å². The molecular formula is C14H20ClIN2O. The zero-order valence-electron chi connectivity index (χ0n) is 11.7. The quantitative estimate of drug-likeness (QED) is 0.550. The number of nitrogens with zero attached hydrogens (tertiary/aromatic N) is 2.